The highest BCUT2D eigenvalue weighted by Crippen LogP contribution is 2.05. The summed E-state index contributed by atoms with van der Waals surface area (Å²) in [7, 11) is 0. The number of aliphatic carboxylic acids is 1. The smallest absolute Gasteiger partial charge is 0.308 e. The van der Waals surface area contributed by atoms with Crippen LogP contribution >= 0.6 is 0 Å². The Labute approximate surface area is 111 Å². The van der Waals surface area contributed by atoms with Crippen molar-refractivity contribution in [2.75, 3.05) is 6.54 Å². The zero-order valence-electron chi connectivity index (χ0n) is 10.5. The van der Waals surface area contributed by atoms with Crippen LogP contribution in [0, 0.1) is 17.2 Å². The Morgan fingerprint density at radius 3 is 2.58 bits per heavy atom. The number of carbonyl (C=O) groups excluding carboxylic acids is 1. The maximum atomic E-state index is 11.4. The lowest BCUT2D eigenvalue weighted by Gasteiger charge is -2.05. The first kappa shape index (κ1) is 14.5. The zero-order chi connectivity index (χ0) is 14.3. The van der Waals surface area contributed by atoms with Gasteiger partial charge < -0.3 is 10.4 Å². The Morgan fingerprint density at radius 1 is 1.42 bits per heavy atom. The number of carboxylic acid groups (broad SMARTS) is 1. The maximum Gasteiger partial charge on any atom is 0.308 e. The van der Waals surface area contributed by atoms with Gasteiger partial charge in [-0.1, -0.05) is 19.1 Å². The lowest BCUT2D eigenvalue weighted by Crippen LogP contribution is -2.30. The number of nitrogens with one attached hydrogen (secondary N) is 1. The van der Waals surface area contributed by atoms with E-state index < -0.39 is 11.9 Å². The van der Waals surface area contributed by atoms with Gasteiger partial charge in [0.15, 0.2) is 0 Å². The average molecular weight is 258 g/mol. The van der Waals surface area contributed by atoms with E-state index >= 15 is 0 Å². The molecule has 1 amide bonds. The summed E-state index contributed by atoms with van der Waals surface area (Å²) >= 11 is 0. The molecule has 0 aliphatic carbocycles. The van der Waals surface area contributed by atoms with Gasteiger partial charge in [0.05, 0.1) is 17.6 Å². The van der Waals surface area contributed by atoms with Crippen LogP contribution in [-0.4, -0.2) is 23.5 Å². The summed E-state index contributed by atoms with van der Waals surface area (Å²) in [5.74, 6) is -1.92. The predicted molar refractivity (Wildman–Crippen MR) is 70.0 cm³/mol. The Kier molecular flexibility index (Phi) is 5.30. The van der Waals surface area contributed by atoms with E-state index in [4.69, 9.17) is 10.4 Å². The van der Waals surface area contributed by atoms with Gasteiger partial charge in [-0.2, -0.15) is 5.26 Å². The number of hydrogen-bond acceptors (Lipinski definition) is 3. The Balaban J connectivity index is 2.49. The van der Waals surface area contributed by atoms with Crippen molar-refractivity contribution in [2.45, 2.75) is 6.92 Å². The van der Waals surface area contributed by atoms with Gasteiger partial charge >= 0.3 is 5.97 Å². The van der Waals surface area contributed by atoms with Crippen molar-refractivity contribution >= 4 is 18.0 Å². The lowest BCUT2D eigenvalue weighted by atomic mass is 10.1. The molecule has 0 radical (unpaired) electrons. The van der Waals surface area contributed by atoms with Crippen LogP contribution in [0.2, 0.25) is 0 Å². The first-order chi connectivity index (χ1) is 9.02. The molecule has 0 aromatic heterocycles. The van der Waals surface area contributed by atoms with E-state index in [-0.39, 0.29) is 12.5 Å². The van der Waals surface area contributed by atoms with E-state index in [1.165, 1.54) is 13.0 Å². The van der Waals surface area contributed by atoms with Gasteiger partial charge in [-0.3, -0.25) is 9.59 Å². The fourth-order valence-electron chi connectivity index (χ4n) is 1.24. The van der Waals surface area contributed by atoms with Gasteiger partial charge in [-0.25, -0.2) is 0 Å². The summed E-state index contributed by atoms with van der Waals surface area (Å²) in [6.45, 7) is 1.61. The maximum absolute atomic E-state index is 11.4. The number of nitriles is 1. The highest BCUT2D eigenvalue weighted by molar-refractivity contribution is 5.91. The van der Waals surface area contributed by atoms with Crippen LogP contribution in [0.25, 0.3) is 6.08 Å². The van der Waals surface area contributed by atoms with Crippen LogP contribution in [0.4, 0.5) is 0 Å². The number of rotatable bonds is 5. The highest BCUT2D eigenvalue weighted by Gasteiger charge is 2.10. The Morgan fingerprint density at radius 2 is 2.05 bits per heavy atom. The van der Waals surface area contributed by atoms with Crippen LogP contribution in [0.5, 0.6) is 0 Å². The van der Waals surface area contributed by atoms with Gasteiger partial charge in [-0.05, 0) is 23.8 Å². The summed E-state index contributed by atoms with van der Waals surface area (Å²) in [5, 5.41) is 19.8. The molecule has 1 aromatic rings. The molecule has 5 nitrogen and oxygen atoms in total. The predicted octanol–water partition coefficient (Wildman–Crippen LogP) is 1.41. The fraction of sp³-hybridized carbons (Fsp3) is 0.214. The first-order valence-electron chi connectivity index (χ1n) is 5.72. The van der Waals surface area contributed by atoms with E-state index in [2.05, 4.69) is 5.32 Å². The minimum Gasteiger partial charge on any atom is -0.481 e. The van der Waals surface area contributed by atoms with E-state index in [0.29, 0.717) is 5.56 Å². The van der Waals surface area contributed by atoms with E-state index in [1.54, 1.807) is 30.3 Å². The SMILES string of the molecule is CC(CNC(=O)C=Cc1ccc(C#N)cc1)C(=O)O. The molecule has 0 aliphatic heterocycles. The molecule has 0 aliphatic rings. The quantitative estimate of drug-likeness (QED) is 0.781. The molecule has 98 valence electrons. The number of amides is 1. The summed E-state index contributed by atoms with van der Waals surface area (Å²) < 4.78 is 0. The average Bonchev–Trinajstić information content (AvgIpc) is 2.42. The second-order valence-corrected chi connectivity index (χ2v) is 4.05. The van der Waals surface area contributed by atoms with Crippen LogP contribution in [0.1, 0.15) is 18.1 Å². The van der Waals surface area contributed by atoms with Crippen molar-refractivity contribution in [2.24, 2.45) is 5.92 Å². The summed E-state index contributed by atoms with van der Waals surface area (Å²) in [6.07, 6.45) is 2.93. The molecule has 19 heavy (non-hydrogen) atoms. The van der Waals surface area contributed by atoms with Crippen molar-refractivity contribution < 1.29 is 14.7 Å². The van der Waals surface area contributed by atoms with Crippen molar-refractivity contribution in [3.63, 3.8) is 0 Å². The van der Waals surface area contributed by atoms with Crippen LogP contribution in [0.15, 0.2) is 30.3 Å². The van der Waals surface area contributed by atoms with Gasteiger partial charge in [0.2, 0.25) is 5.91 Å². The molecule has 1 rings (SSSR count). The van der Waals surface area contributed by atoms with Crippen molar-refractivity contribution in [1.29, 1.82) is 5.26 Å². The van der Waals surface area contributed by atoms with Gasteiger partial charge in [-0.15, -0.1) is 0 Å². The molecule has 0 fully saturated rings. The second kappa shape index (κ2) is 6.97. The lowest BCUT2D eigenvalue weighted by molar-refractivity contribution is -0.141. The molecule has 0 heterocycles. The van der Waals surface area contributed by atoms with Crippen molar-refractivity contribution in [3.05, 3.63) is 41.5 Å². The molecule has 2 N–H and O–H groups in total. The standard InChI is InChI=1S/C14H14N2O3/c1-10(14(18)19)9-16-13(17)7-6-11-2-4-12(8-15)5-3-11/h2-7,10H,9H2,1H3,(H,16,17)(H,18,19). The third-order valence-corrected chi connectivity index (χ3v) is 2.47. The molecular weight excluding hydrogens is 244 g/mol. The summed E-state index contributed by atoms with van der Waals surface area (Å²) in [6, 6.07) is 8.77. The third-order valence-electron chi connectivity index (χ3n) is 2.47. The minimum atomic E-state index is -0.948. The van der Waals surface area contributed by atoms with Crippen LogP contribution < -0.4 is 5.32 Å². The fourth-order valence-corrected chi connectivity index (χ4v) is 1.24. The van der Waals surface area contributed by atoms with Gasteiger partial charge in [0.1, 0.15) is 0 Å². The normalized spacial score (nSPS) is 11.8. The molecule has 1 unspecified atom stereocenters. The van der Waals surface area contributed by atoms with E-state index in [0.717, 1.165) is 5.56 Å². The molecule has 1 aromatic carbocycles. The summed E-state index contributed by atoms with van der Waals surface area (Å²) in [4.78, 5) is 22.0. The van der Waals surface area contributed by atoms with Crippen molar-refractivity contribution in [1.82, 2.24) is 5.32 Å². The second-order valence-electron chi connectivity index (χ2n) is 4.05. The van der Waals surface area contributed by atoms with E-state index in [1.807, 2.05) is 6.07 Å². The monoisotopic (exact) mass is 258 g/mol. The molecule has 0 bridgehead atoms. The molecule has 0 saturated heterocycles. The van der Waals surface area contributed by atoms with E-state index in [9.17, 15) is 9.59 Å². The summed E-state index contributed by atoms with van der Waals surface area (Å²) in [5.41, 5.74) is 1.34. The number of carbonyl (C=O) groups is 2. The minimum absolute atomic E-state index is 0.0892. The topological polar surface area (TPSA) is 90.2 Å². The highest BCUT2D eigenvalue weighted by atomic mass is 16.4. The number of carboxylic acids is 1. The van der Waals surface area contributed by atoms with Gasteiger partial charge in [0.25, 0.3) is 0 Å². The third kappa shape index (κ3) is 5.04. The van der Waals surface area contributed by atoms with Crippen LogP contribution in [-0.2, 0) is 9.59 Å². The molecule has 1 atom stereocenters. The first-order valence-corrected chi connectivity index (χ1v) is 5.72. The zero-order valence-corrected chi connectivity index (χ0v) is 10.5. The number of nitrogens with zero attached hydrogens (tertiary/aromatic N) is 1. The van der Waals surface area contributed by atoms with Crippen LogP contribution in [0.3, 0.4) is 0 Å². The molecule has 5 heteroatoms. The molecule has 0 saturated carbocycles. The van der Waals surface area contributed by atoms with Crippen molar-refractivity contribution in [3.8, 4) is 6.07 Å². The van der Waals surface area contributed by atoms with Gasteiger partial charge in [0, 0.05) is 12.6 Å². The molecular formula is C14H14N2O3. The largest absolute Gasteiger partial charge is 0.481 e. The Bertz CT molecular complexity index is 527. The number of benzene rings is 1. The Hall–Kier alpha value is -2.61. The number of hydrogen-bond donors (Lipinski definition) is 2. The molecule has 0 spiro atoms.